The average molecular weight is 336 g/mol. The lowest BCUT2D eigenvalue weighted by Crippen LogP contribution is -2.26. The number of hydrogen-bond acceptors (Lipinski definition) is 2. The Morgan fingerprint density at radius 1 is 1.40 bits per heavy atom. The molecule has 106 valence electrons. The number of rotatable bonds is 4. The van der Waals surface area contributed by atoms with Crippen molar-refractivity contribution >= 4 is 21.8 Å². The van der Waals surface area contributed by atoms with Crippen LogP contribution >= 0.6 is 15.9 Å². The van der Waals surface area contributed by atoms with Gasteiger partial charge in [0.1, 0.15) is 0 Å². The molecular formula is C15H18BrN3O. The lowest BCUT2D eigenvalue weighted by Gasteiger charge is -2.14. The molecular weight excluding hydrogens is 318 g/mol. The van der Waals surface area contributed by atoms with Gasteiger partial charge in [0.05, 0.1) is 12.2 Å². The van der Waals surface area contributed by atoms with E-state index in [-0.39, 0.29) is 11.9 Å². The first-order valence-electron chi connectivity index (χ1n) is 6.61. The molecule has 0 saturated carbocycles. The van der Waals surface area contributed by atoms with Crippen molar-refractivity contribution in [1.29, 1.82) is 0 Å². The van der Waals surface area contributed by atoms with Crippen molar-refractivity contribution in [3.8, 4) is 0 Å². The summed E-state index contributed by atoms with van der Waals surface area (Å²) in [6, 6.07) is 7.26. The number of nitrogens with one attached hydrogen (secondary N) is 1. The quantitative estimate of drug-likeness (QED) is 0.929. The normalized spacial score (nSPS) is 12.2. The second-order valence-electron chi connectivity index (χ2n) is 4.70. The van der Waals surface area contributed by atoms with Crippen molar-refractivity contribution in [3.05, 3.63) is 51.8 Å². The maximum absolute atomic E-state index is 12.2. The van der Waals surface area contributed by atoms with Gasteiger partial charge in [0.25, 0.3) is 5.91 Å². The summed E-state index contributed by atoms with van der Waals surface area (Å²) in [6.45, 7) is 6.88. The Balaban J connectivity index is 2.10. The summed E-state index contributed by atoms with van der Waals surface area (Å²) in [7, 11) is 0. The van der Waals surface area contributed by atoms with E-state index in [1.165, 1.54) is 0 Å². The van der Waals surface area contributed by atoms with Crippen LogP contribution in [-0.4, -0.2) is 15.7 Å². The molecule has 20 heavy (non-hydrogen) atoms. The van der Waals surface area contributed by atoms with Gasteiger partial charge in [-0.25, -0.2) is 0 Å². The Morgan fingerprint density at radius 3 is 2.60 bits per heavy atom. The van der Waals surface area contributed by atoms with E-state index in [4.69, 9.17) is 0 Å². The second-order valence-corrected chi connectivity index (χ2v) is 5.62. The molecule has 0 aliphatic rings. The van der Waals surface area contributed by atoms with Crippen molar-refractivity contribution in [2.75, 3.05) is 0 Å². The molecule has 1 aromatic carbocycles. The van der Waals surface area contributed by atoms with Crippen LogP contribution in [0.5, 0.6) is 0 Å². The lowest BCUT2D eigenvalue weighted by atomic mass is 10.1. The zero-order valence-electron chi connectivity index (χ0n) is 11.9. The molecule has 1 unspecified atom stereocenters. The van der Waals surface area contributed by atoms with Crippen LogP contribution in [0.3, 0.4) is 0 Å². The first-order valence-corrected chi connectivity index (χ1v) is 7.41. The molecule has 1 heterocycles. The van der Waals surface area contributed by atoms with Crippen LogP contribution in [0, 0.1) is 6.92 Å². The van der Waals surface area contributed by atoms with E-state index in [0.29, 0.717) is 5.56 Å². The molecule has 0 fully saturated rings. The zero-order valence-corrected chi connectivity index (χ0v) is 13.4. The SMILES string of the molecule is CCn1ncc(C(C)NC(=O)c2ccc(Br)cc2)c1C. The highest BCUT2D eigenvalue weighted by molar-refractivity contribution is 9.10. The highest BCUT2D eigenvalue weighted by Gasteiger charge is 2.15. The molecule has 1 N–H and O–H groups in total. The fourth-order valence-electron chi connectivity index (χ4n) is 2.16. The van der Waals surface area contributed by atoms with Crippen LogP contribution < -0.4 is 5.32 Å². The average Bonchev–Trinajstić information content (AvgIpc) is 2.80. The predicted molar refractivity (Wildman–Crippen MR) is 82.7 cm³/mol. The number of carbonyl (C=O) groups is 1. The second kappa shape index (κ2) is 6.22. The van der Waals surface area contributed by atoms with Gasteiger partial charge in [-0.1, -0.05) is 15.9 Å². The monoisotopic (exact) mass is 335 g/mol. The van der Waals surface area contributed by atoms with E-state index in [1.807, 2.05) is 36.9 Å². The molecule has 1 atom stereocenters. The molecule has 1 aromatic heterocycles. The van der Waals surface area contributed by atoms with Crippen molar-refractivity contribution in [2.24, 2.45) is 0 Å². The Labute approximate surface area is 127 Å². The summed E-state index contributed by atoms with van der Waals surface area (Å²) >= 11 is 3.36. The van der Waals surface area contributed by atoms with E-state index in [2.05, 4.69) is 33.3 Å². The van der Waals surface area contributed by atoms with E-state index < -0.39 is 0 Å². The first kappa shape index (κ1) is 14.8. The van der Waals surface area contributed by atoms with E-state index >= 15 is 0 Å². The minimum atomic E-state index is -0.0753. The zero-order chi connectivity index (χ0) is 14.7. The maximum Gasteiger partial charge on any atom is 0.251 e. The third kappa shape index (κ3) is 3.10. The summed E-state index contributed by atoms with van der Waals surface area (Å²) in [6.07, 6.45) is 1.82. The topological polar surface area (TPSA) is 46.9 Å². The number of aryl methyl sites for hydroxylation is 1. The largest absolute Gasteiger partial charge is 0.345 e. The van der Waals surface area contributed by atoms with E-state index in [9.17, 15) is 4.79 Å². The highest BCUT2D eigenvalue weighted by atomic mass is 79.9. The van der Waals surface area contributed by atoms with Crippen LogP contribution in [0.1, 0.15) is 41.5 Å². The molecule has 5 heteroatoms. The van der Waals surface area contributed by atoms with Gasteiger partial charge in [-0.05, 0) is 45.0 Å². The van der Waals surface area contributed by atoms with Gasteiger partial charge in [-0.3, -0.25) is 9.48 Å². The van der Waals surface area contributed by atoms with Gasteiger partial charge in [0.15, 0.2) is 0 Å². The number of hydrogen-bond donors (Lipinski definition) is 1. The summed E-state index contributed by atoms with van der Waals surface area (Å²) in [5, 5.41) is 7.31. The molecule has 0 radical (unpaired) electrons. The van der Waals surface area contributed by atoms with Gasteiger partial charge in [0.2, 0.25) is 0 Å². The Hall–Kier alpha value is -1.62. The number of nitrogens with zero attached hydrogens (tertiary/aromatic N) is 2. The number of aromatic nitrogens is 2. The number of carbonyl (C=O) groups excluding carboxylic acids is 1. The standard InChI is InChI=1S/C15H18BrN3O/c1-4-19-11(3)14(9-17-19)10(2)18-15(20)12-5-7-13(16)8-6-12/h5-10H,4H2,1-3H3,(H,18,20). The molecule has 2 aromatic rings. The summed E-state index contributed by atoms with van der Waals surface area (Å²) < 4.78 is 2.89. The molecule has 0 spiro atoms. The number of halogens is 1. The lowest BCUT2D eigenvalue weighted by molar-refractivity contribution is 0.0940. The fourth-order valence-corrected chi connectivity index (χ4v) is 2.43. The highest BCUT2D eigenvalue weighted by Crippen LogP contribution is 2.18. The van der Waals surface area contributed by atoms with E-state index in [1.54, 1.807) is 12.1 Å². The third-order valence-electron chi connectivity index (χ3n) is 3.36. The van der Waals surface area contributed by atoms with Gasteiger partial charge in [-0.2, -0.15) is 5.10 Å². The molecule has 2 rings (SSSR count). The molecule has 0 aliphatic carbocycles. The van der Waals surface area contributed by atoms with Gasteiger partial charge >= 0.3 is 0 Å². The summed E-state index contributed by atoms with van der Waals surface area (Å²) in [5.41, 5.74) is 2.80. The number of amides is 1. The van der Waals surface area contributed by atoms with Gasteiger partial charge in [-0.15, -0.1) is 0 Å². The molecule has 1 amide bonds. The van der Waals surface area contributed by atoms with E-state index in [0.717, 1.165) is 22.3 Å². The molecule has 0 saturated heterocycles. The Morgan fingerprint density at radius 2 is 2.05 bits per heavy atom. The van der Waals surface area contributed by atoms with Crippen LogP contribution in [0.25, 0.3) is 0 Å². The van der Waals surface area contributed by atoms with Gasteiger partial charge < -0.3 is 5.32 Å². The summed E-state index contributed by atoms with van der Waals surface area (Å²) in [4.78, 5) is 12.2. The predicted octanol–water partition coefficient (Wildman–Crippen LogP) is 3.46. The fraction of sp³-hybridized carbons (Fsp3) is 0.333. The van der Waals surface area contributed by atoms with Crippen molar-refractivity contribution in [3.63, 3.8) is 0 Å². The van der Waals surface area contributed by atoms with Gasteiger partial charge in [0, 0.05) is 27.8 Å². The van der Waals surface area contributed by atoms with Crippen LogP contribution in [0.4, 0.5) is 0 Å². The molecule has 0 bridgehead atoms. The maximum atomic E-state index is 12.2. The minimum absolute atomic E-state index is 0.0635. The number of benzene rings is 1. The minimum Gasteiger partial charge on any atom is -0.345 e. The van der Waals surface area contributed by atoms with Crippen molar-refractivity contribution < 1.29 is 4.79 Å². The first-order chi connectivity index (χ1) is 9.52. The smallest absolute Gasteiger partial charge is 0.251 e. The Bertz CT molecular complexity index is 604. The van der Waals surface area contributed by atoms with Crippen LogP contribution in [0.15, 0.2) is 34.9 Å². The molecule has 0 aliphatic heterocycles. The Kier molecular flexibility index (Phi) is 4.60. The third-order valence-corrected chi connectivity index (χ3v) is 3.89. The summed E-state index contributed by atoms with van der Waals surface area (Å²) in [5.74, 6) is -0.0753. The van der Waals surface area contributed by atoms with Crippen molar-refractivity contribution in [1.82, 2.24) is 15.1 Å². The van der Waals surface area contributed by atoms with Crippen LogP contribution in [0.2, 0.25) is 0 Å². The molecule has 4 nitrogen and oxygen atoms in total. The van der Waals surface area contributed by atoms with Crippen molar-refractivity contribution in [2.45, 2.75) is 33.4 Å². The van der Waals surface area contributed by atoms with Crippen LogP contribution in [-0.2, 0) is 6.54 Å².